The molecule has 2 unspecified atom stereocenters. The van der Waals surface area contributed by atoms with Crippen LogP contribution in [-0.4, -0.2) is 45.0 Å². The van der Waals surface area contributed by atoms with Gasteiger partial charge in [-0.15, -0.1) is 16.4 Å². The van der Waals surface area contributed by atoms with Crippen molar-refractivity contribution in [1.29, 1.82) is 0 Å². The highest BCUT2D eigenvalue weighted by molar-refractivity contribution is 7.12. The standard InChI is InChI=1S/C26H24N4O4S/c1-17-8-15-25(35-17)26(18-9-12-20(33-2)13-10-18,29-22-7-5-4-6-21(22)27-28-29)19-11-14-23(30(31)32)24(16-19)34-3/h4-16,19H,1-3H3,(H,31,32). The van der Waals surface area contributed by atoms with Gasteiger partial charge >= 0.3 is 5.71 Å². The first-order valence-electron chi connectivity index (χ1n) is 11.0. The van der Waals surface area contributed by atoms with Gasteiger partial charge in [0.15, 0.2) is 5.76 Å². The highest BCUT2D eigenvalue weighted by Gasteiger charge is 2.47. The topological polar surface area (TPSA) is 95.5 Å². The van der Waals surface area contributed by atoms with Crippen LogP contribution in [0.15, 0.2) is 84.7 Å². The van der Waals surface area contributed by atoms with Gasteiger partial charge in [0.2, 0.25) is 0 Å². The maximum Gasteiger partial charge on any atom is 0.308 e. The molecule has 9 heteroatoms. The zero-order valence-corrected chi connectivity index (χ0v) is 20.3. The number of aromatic nitrogens is 3. The molecule has 35 heavy (non-hydrogen) atoms. The van der Waals surface area contributed by atoms with Crippen LogP contribution >= 0.6 is 11.3 Å². The minimum atomic E-state index is -0.879. The van der Waals surface area contributed by atoms with Crippen LogP contribution in [0.25, 0.3) is 11.0 Å². The fraction of sp³-hybridized carbons (Fsp3) is 0.192. The first-order chi connectivity index (χ1) is 17.0. The predicted molar refractivity (Wildman–Crippen MR) is 134 cm³/mol. The SMILES string of the molecule is COC1=CC(C(c2ccc(OC)cc2)(c2ccc(C)s2)n2nnc3ccccc32)C=C/C1=[N+](/[O-])O. The summed E-state index contributed by atoms with van der Waals surface area (Å²) in [6.07, 6.45) is 5.30. The number of para-hydroxylation sites is 1. The molecule has 2 atom stereocenters. The van der Waals surface area contributed by atoms with Crippen LogP contribution in [0.1, 0.15) is 15.3 Å². The van der Waals surface area contributed by atoms with E-state index in [1.807, 2.05) is 65.4 Å². The second kappa shape index (κ2) is 8.92. The molecule has 0 aliphatic heterocycles. The summed E-state index contributed by atoms with van der Waals surface area (Å²) in [7, 11) is 3.11. The molecule has 5 rings (SSSR count). The van der Waals surface area contributed by atoms with Gasteiger partial charge in [-0.25, -0.2) is 4.68 Å². The number of allylic oxidation sites excluding steroid dienone is 3. The Hall–Kier alpha value is -4.11. The van der Waals surface area contributed by atoms with Crippen LogP contribution in [0.5, 0.6) is 5.75 Å². The lowest BCUT2D eigenvalue weighted by atomic mass is 9.74. The van der Waals surface area contributed by atoms with Crippen molar-refractivity contribution in [2.75, 3.05) is 14.2 Å². The zero-order chi connectivity index (χ0) is 24.6. The van der Waals surface area contributed by atoms with Crippen LogP contribution in [0.3, 0.4) is 0 Å². The summed E-state index contributed by atoms with van der Waals surface area (Å²) in [6.45, 7) is 2.06. The molecule has 2 aromatic carbocycles. The summed E-state index contributed by atoms with van der Waals surface area (Å²) >= 11 is 1.66. The summed E-state index contributed by atoms with van der Waals surface area (Å²) in [6, 6.07) is 19.9. The molecule has 0 spiro atoms. The van der Waals surface area contributed by atoms with Gasteiger partial charge in [-0.05, 0) is 55.0 Å². The van der Waals surface area contributed by atoms with E-state index in [4.69, 9.17) is 9.47 Å². The molecule has 1 aliphatic carbocycles. The van der Waals surface area contributed by atoms with Crippen LogP contribution in [0.4, 0.5) is 0 Å². The number of aryl methyl sites for hydroxylation is 1. The van der Waals surface area contributed by atoms with E-state index in [1.165, 1.54) is 7.11 Å². The Balaban J connectivity index is 1.88. The molecule has 8 nitrogen and oxygen atoms in total. The largest absolute Gasteiger partial charge is 0.497 e. The Morgan fingerprint density at radius 1 is 1.06 bits per heavy atom. The number of benzene rings is 2. The fourth-order valence-corrected chi connectivity index (χ4v) is 5.77. The minimum Gasteiger partial charge on any atom is -0.497 e. The van der Waals surface area contributed by atoms with Gasteiger partial charge in [0, 0.05) is 26.7 Å². The van der Waals surface area contributed by atoms with E-state index in [-0.39, 0.29) is 22.3 Å². The minimum absolute atomic E-state index is 0.0261. The van der Waals surface area contributed by atoms with Crippen LogP contribution in [0, 0.1) is 18.0 Å². The van der Waals surface area contributed by atoms with Gasteiger partial charge in [-0.1, -0.05) is 35.6 Å². The number of rotatable bonds is 6. The second-order valence-corrected chi connectivity index (χ2v) is 9.46. The lowest BCUT2D eigenvalue weighted by Crippen LogP contribution is -2.43. The highest BCUT2D eigenvalue weighted by Crippen LogP contribution is 2.47. The van der Waals surface area contributed by atoms with Crippen molar-refractivity contribution in [2.45, 2.75) is 12.5 Å². The van der Waals surface area contributed by atoms with Crippen molar-refractivity contribution in [2.24, 2.45) is 5.92 Å². The van der Waals surface area contributed by atoms with Crippen molar-refractivity contribution >= 4 is 28.1 Å². The van der Waals surface area contributed by atoms with E-state index in [1.54, 1.807) is 24.5 Å². The van der Waals surface area contributed by atoms with E-state index in [2.05, 4.69) is 29.4 Å². The molecule has 2 heterocycles. The predicted octanol–water partition coefficient (Wildman–Crippen LogP) is 4.66. The van der Waals surface area contributed by atoms with E-state index in [0.717, 1.165) is 32.1 Å². The van der Waals surface area contributed by atoms with Gasteiger partial charge < -0.3 is 14.7 Å². The van der Waals surface area contributed by atoms with E-state index in [9.17, 15) is 10.4 Å². The number of fused-ring (bicyclic) bond motifs is 1. The molecule has 0 amide bonds. The monoisotopic (exact) mass is 488 g/mol. The number of hydrogen-bond donors (Lipinski definition) is 1. The summed E-state index contributed by atoms with van der Waals surface area (Å²) in [5.74, 6) is 0.655. The molecule has 0 fully saturated rings. The Kier molecular flexibility index (Phi) is 5.78. The first-order valence-corrected chi connectivity index (χ1v) is 11.8. The zero-order valence-electron chi connectivity index (χ0n) is 19.5. The van der Waals surface area contributed by atoms with Crippen LogP contribution in [-0.2, 0) is 10.3 Å². The van der Waals surface area contributed by atoms with Crippen molar-refractivity contribution in [3.8, 4) is 5.75 Å². The first kappa shape index (κ1) is 22.7. The molecule has 0 saturated carbocycles. The molecule has 0 bridgehead atoms. The molecular weight excluding hydrogens is 464 g/mol. The number of methoxy groups -OCH3 is 2. The lowest BCUT2D eigenvalue weighted by Gasteiger charge is -2.39. The Bertz CT molecular complexity index is 1460. The number of nitrogens with zero attached hydrogens (tertiary/aromatic N) is 4. The third-order valence-electron chi connectivity index (χ3n) is 6.29. The number of thiophene rings is 1. The molecule has 2 aromatic heterocycles. The van der Waals surface area contributed by atoms with Gasteiger partial charge in [-0.3, -0.25) is 5.21 Å². The van der Waals surface area contributed by atoms with Gasteiger partial charge in [0.1, 0.15) is 16.8 Å². The molecule has 4 aromatic rings. The molecule has 1 N–H and O–H groups in total. The molecular formula is C26H24N4O4S. The maximum absolute atomic E-state index is 11.8. The van der Waals surface area contributed by atoms with E-state index < -0.39 is 5.54 Å². The van der Waals surface area contributed by atoms with Crippen molar-refractivity contribution in [3.05, 3.63) is 105 Å². The maximum atomic E-state index is 11.8. The van der Waals surface area contributed by atoms with E-state index in [0.29, 0.717) is 0 Å². The van der Waals surface area contributed by atoms with Crippen molar-refractivity contribution in [1.82, 2.24) is 15.0 Å². The average Bonchev–Trinajstić information content (AvgIpc) is 3.52. The van der Waals surface area contributed by atoms with E-state index >= 15 is 0 Å². The molecule has 178 valence electrons. The normalized spacial score (nSPS) is 18.7. The summed E-state index contributed by atoms with van der Waals surface area (Å²) in [4.78, 5) is 1.99. The van der Waals surface area contributed by atoms with Crippen molar-refractivity contribution < 1.29 is 19.6 Å². The molecule has 0 saturated heterocycles. The third-order valence-corrected chi connectivity index (χ3v) is 7.41. The van der Waals surface area contributed by atoms with Crippen LogP contribution in [0.2, 0.25) is 0 Å². The third kappa shape index (κ3) is 3.64. The van der Waals surface area contributed by atoms with Gasteiger partial charge in [0.25, 0.3) is 0 Å². The van der Waals surface area contributed by atoms with Gasteiger partial charge in [-0.2, -0.15) is 0 Å². The Morgan fingerprint density at radius 2 is 1.83 bits per heavy atom. The highest BCUT2D eigenvalue weighted by atomic mass is 32.1. The van der Waals surface area contributed by atoms with Crippen molar-refractivity contribution in [3.63, 3.8) is 0 Å². The lowest BCUT2D eigenvalue weighted by molar-refractivity contribution is -0.725. The quantitative estimate of drug-likeness (QED) is 0.241. The van der Waals surface area contributed by atoms with Crippen LogP contribution < -0.4 is 4.74 Å². The second-order valence-electron chi connectivity index (χ2n) is 8.17. The number of hydrogen-bond acceptors (Lipinski definition) is 7. The Labute approximate surface area is 206 Å². The number of ether oxygens (including phenoxy) is 2. The molecule has 0 radical (unpaired) electrons. The average molecular weight is 489 g/mol. The molecule has 1 aliphatic rings. The summed E-state index contributed by atoms with van der Waals surface area (Å²) in [5.41, 5.74) is 1.72. The fourth-order valence-electron chi connectivity index (χ4n) is 4.65. The summed E-state index contributed by atoms with van der Waals surface area (Å²) < 4.78 is 12.9. The van der Waals surface area contributed by atoms with Gasteiger partial charge in [0.05, 0.1) is 19.7 Å². The smallest absolute Gasteiger partial charge is 0.308 e. The summed E-state index contributed by atoms with van der Waals surface area (Å²) in [5, 5.41) is 30.5. The Morgan fingerprint density at radius 3 is 2.49 bits per heavy atom.